The van der Waals surface area contributed by atoms with Crippen molar-refractivity contribution >= 4 is 5.78 Å². The van der Waals surface area contributed by atoms with E-state index in [4.69, 9.17) is 18.9 Å². The minimum absolute atomic E-state index is 0.0502. The van der Waals surface area contributed by atoms with Crippen LogP contribution in [-0.4, -0.2) is 35.7 Å². The maximum atomic E-state index is 13.6. The summed E-state index contributed by atoms with van der Waals surface area (Å²) in [5, 5.41) is 0. The van der Waals surface area contributed by atoms with Crippen molar-refractivity contribution in [2.24, 2.45) is 5.92 Å². The van der Waals surface area contributed by atoms with Gasteiger partial charge in [-0.3, -0.25) is 4.79 Å². The quantitative estimate of drug-likeness (QED) is 0.634. The Balaban J connectivity index is 1.62. The van der Waals surface area contributed by atoms with Crippen LogP contribution in [0.15, 0.2) is 54.1 Å². The Bertz CT molecular complexity index is 842. The summed E-state index contributed by atoms with van der Waals surface area (Å²) in [4.78, 5) is 13.6. The fourth-order valence-electron chi connectivity index (χ4n) is 4.74. The van der Waals surface area contributed by atoms with Gasteiger partial charge in [0.15, 0.2) is 29.6 Å². The SMILES string of the molecule is C=C[C@@]1(OCc2ccccc2)[C@@H](C(=O)[C@H]2CCC(C)=C(C)C2)O[C@@H]2OC(C)(C)O[C@@H]21. The zero-order valence-corrected chi connectivity index (χ0v) is 18.4. The molecule has 1 aromatic rings. The number of hydrogen-bond acceptors (Lipinski definition) is 5. The van der Waals surface area contributed by atoms with E-state index in [1.54, 1.807) is 6.08 Å². The maximum Gasteiger partial charge on any atom is 0.191 e. The molecule has 1 aliphatic carbocycles. The summed E-state index contributed by atoms with van der Waals surface area (Å²) in [6.45, 7) is 12.3. The van der Waals surface area contributed by atoms with E-state index in [0.717, 1.165) is 24.8 Å². The lowest BCUT2D eigenvalue weighted by atomic mass is 9.77. The Morgan fingerprint density at radius 3 is 2.60 bits per heavy atom. The van der Waals surface area contributed by atoms with Crippen molar-refractivity contribution < 1.29 is 23.7 Å². The molecule has 2 fully saturated rings. The molecule has 0 aromatic heterocycles. The minimum Gasteiger partial charge on any atom is -0.360 e. The standard InChI is InChI=1S/C25H32O5/c1-6-25(27-15-18-10-8-7-9-11-18)21(28-23-22(25)29-24(4,5)30-23)20(26)19-13-12-16(2)17(3)14-19/h6-11,19,21-23H,1,12-15H2,2-5H3/t19-,21+,22-,23+,25+/m0/s1. The summed E-state index contributed by atoms with van der Waals surface area (Å²) >= 11 is 0. The van der Waals surface area contributed by atoms with Gasteiger partial charge in [0.1, 0.15) is 6.10 Å². The van der Waals surface area contributed by atoms with Gasteiger partial charge in [-0.15, -0.1) is 6.58 Å². The van der Waals surface area contributed by atoms with Crippen molar-refractivity contribution in [3.05, 3.63) is 59.7 Å². The molecule has 5 nitrogen and oxygen atoms in total. The van der Waals surface area contributed by atoms with Gasteiger partial charge in [0, 0.05) is 5.92 Å². The van der Waals surface area contributed by atoms with Gasteiger partial charge in [-0.2, -0.15) is 0 Å². The van der Waals surface area contributed by atoms with Crippen LogP contribution in [0, 0.1) is 5.92 Å². The first-order valence-corrected chi connectivity index (χ1v) is 10.8. The molecule has 5 heteroatoms. The van der Waals surface area contributed by atoms with Gasteiger partial charge in [0.05, 0.1) is 6.61 Å². The first-order valence-electron chi connectivity index (χ1n) is 10.8. The van der Waals surface area contributed by atoms with Crippen LogP contribution in [0.1, 0.15) is 52.5 Å². The zero-order chi connectivity index (χ0) is 21.5. The highest BCUT2D eigenvalue weighted by molar-refractivity contribution is 5.88. The summed E-state index contributed by atoms with van der Waals surface area (Å²) in [7, 11) is 0. The molecule has 0 N–H and O–H groups in total. The van der Waals surface area contributed by atoms with Crippen molar-refractivity contribution in [1.29, 1.82) is 0 Å². The molecule has 0 saturated carbocycles. The van der Waals surface area contributed by atoms with Gasteiger partial charge in [-0.1, -0.05) is 47.6 Å². The van der Waals surface area contributed by atoms with E-state index in [0.29, 0.717) is 6.61 Å². The molecule has 0 bridgehead atoms. The van der Waals surface area contributed by atoms with Gasteiger partial charge in [-0.05, 0) is 52.5 Å². The van der Waals surface area contributed by atoms with Crippen molar-refractivity contribution in [2.45, 2.75) is 83.5 Å². The fraction of sp³-hybridized carbons (Fsp3) is 0.560. The third-order valence-electron chi connectivity index (χ3n) is 6.64. The van der Waals surface area contributed by atoms with Crippen molar-refractivity contribution in [3.63, 3.8) is 0 Å². The van der Waals surface area contributed by atoms with E-state index in [1.165, 1.54) is 11.1 Å². The predicted molar refractivity (Wildman–Crippen MR) is 114 cm³/mol. The molecule has 2 heterocycles. The summed E-state index contributed by atoms with van der Waals surface area (Å²) in [6, 6.07) is 9.89. The number of rotatable bonds is 6. The molecule has 0 unspecified atom stereocenters. The molecule has 5 atom stereocenters. The molecule has 3 aliphatic rings. The van der Waals surface area contributed by atoms with Crippen molar-refractivity contribution in [3.8, 4) is 0 Å². The van der Waals surface area contributed by atoms with Crippen molar-refractivity contribution in [2.75, 3.05) is 0 Å². The van der Waals surface area contributed by atoms with Gasteiger partial charge < -0.3 is 18.9 Å². The van der Waals surface area contributed by atoms with Crippen LogP contribution in [0.25, 0.3) is 0 Å². The van der Waals surface area contributed by atoms with Crippen LogP contribution in [0.4, 0.5) is 0 Å². The third-order valence-corrected chi connectivity index (χ3v) is 6.64. The zero-order valence-electron chi connectivity index (χ0n) is 18.4. The highest BCUT2D eigenvalue weighted by Gasteiger charge is 2.65. The number of fused-ring (bicyclic) bond motifs is 1. The molecule has 0 amide bonds. The molecule has 30 heavy (non-hydrogen) atoms. The highest BCUT2D eigenvalue weighted by Crippen LogP contribution is 2.47. The second kappa shape index (κ2) is 8.04. The van der Waals surface area contributed by atoms with Gasteiger partial charge in [-0.25, -0.2) is 0 Å². The maximum absolute atomic E-state index is 13.6. The Labute approximate surface area is 179 Å². The lowest BCUT2D eigenvalue weighted by Gasteiger charge is -2.37. The number of carbonyl (C=O) groups is 1. The molecule has 4 rings (SSSR count). The number of benzene rings is 1. The van der Waals surface area contributed by atoms with Gasteiger partial charge >= 0.3 is 0 Å². The largest absolute Gasteiger partial charge is 0.360 e. The van der Waals surface area contributed by atoms with E-state index >= 15 is 0 Å². The van der Waals surface area contributed by atoms with Crippen LogP contribution in [0.5, 0.6) is 0 Å². The first-order chi connectivity index (χ1) is 14.3. The predicted octanol–water partition coefficient (Wildman–Crippen LogP) is 4.71. The van der Waals surface area contributed by atoms with Crippen LogP contribution < -0.4 is 0 Å². The molecule has 2 saturated heterocycles. The van der Waals surface area contributed by atoms with E-state index < -0.39 is 29.9 Å². The molecule has 162 valence electrons. The molecule has 0 spiro atoms. The topological polar surface area (TPSA) is 54.0 Å². The lowest BCUT2D eigenvalue weighted by Crippen LogP contribution is -2.53. The smallest absolute Gasteiger partial charge is 0.191 e. The van der Waals surface area contributed by atoms with Crippen LogP contribution in [0.2, 0.25) is 0 Å². The first kappa shape index (κ1) is 21.4. The normalized spacial score (nSPS) is 35.3. The number of allylic oxidation sites excluding steroid dienone is 2. The van der Waals surface area contributed by atoms with Crippen LogP contribution >= 0.6 is 0 Å². The summed E-state index contributed by atoms with van der Waals surface area (Å²) in [5.41, 5.74) is 2.58. The number of hydrogen-bond donors (Lipinski definition) is 0. The van der Waals surface area contributed by atoms with Gasteiger partial charge in [0.2, 0.25) is 0 Å². The number of carbonyl (C=O) groups excluding carboxylic acids is 1. The van der Waals surface area contributed by atoms with E-state index in [-0.39, 0.29) is 11.7 Å². The average molecular weight is 413 g/mol. The van der Waals surface area contributed by atoms with Crippen LogP contribution in [0.3, 0.4) is 0 Å². The molecule has 1 aromatic carbocycles. The van der Waals surface area contributed by atoms with E-state index in [9.17, 15) is 4.79 Å². The molecule has 2 aliphatic heterocycles. The second-order valence-electron chi connectivity index (χ2n) is 9.18. The minimum atomic E-state index is -1.10. The fourth-order valence-corrected chi connectivity index (χ4v) is 4.74. The number of ether oxygens (including phenoxy) is 4. The molecular weight excluding hydrogens is 380 g/mol. The Kier molecular flexibility index (Phi) is 5.75. The van der Waals surface area contributed by atoms with Crippen LogP contribution in [-0.2, 0) is 30.3 Å². The summed E-state index contributed by atoms with van der Waals surface area (Å²) in [5.74, 6) is -0.853. The average Bonchev–Trinajstić information content (AvgIpc) is 3.19. The molecule has 0 radical (unpaired) electrons. The Morgan fingerprint density at radius 1 is 1.20 bits per heavy atom. The number of Topliss-reactive ketones (excluding diaryl/α,β-unsaturated/α-hetero) is 1. The van der Waals surface area contributed by atoms with E-state index in [2.05, 4.69) is 20.4 Å². The van der Waals surface area contributed by atoms with Crippen molar-refractivity contribution in [1.82, 2.24) is 0 Å². The third kappa shape index (κ3) is 3.80. The Hall–Kier alpha value is -1.79. The van der Waals surface area contributed by atoms with Gasteiger partial charge in [0.25, 0.3) is 0 Å². The monoisotopic (exact) mass is 412 g/mol. The Morgan fingerprint density at radius 2 is 1.93 bits per heavy atom. The van der Waals surface area contributed by atoms with E-state index in [1.807, 2.05) is 44.2 Å². The highest BCUT2D eigenvalue weighted by atomic mass is 16.8. The summed E-state index contributed by atoms with van der Waals surface area (Å²) in [6.07, 6.45) is 2.20. The second-order valence-corrected chi connectivity index (χ2v) is 9.18. The lowest BCUT2D eigenvalue weighted by molar-refractivity contribution is -0.229. The molecular formula is C25H32O5. The summed E-state index contributed by atoms with van der Waals surface area (Å²) < 4.78 is 24.7. The number of ketones is 1.